The molecule has 5 aromatic rings. The van der Waals surface area contributed by atoms with Crippen LogP contribution in [-0.2, 0) is 28.1 Å². The van der Waals surface area contributed by atoms with Crippen molar-refractivity contribution in [3.05, 3.63) is 118 Å². The minimum absolute atomic E-state index is 0.0821. The molecule has 2 heterocycles. The van der Waals surface area contributed by atoms with Gasteiger partial charge in [0.05, 0.1) is 79.6 Å². The molecule has 1 aliphatic rings. The number of carbonyl (C=O) groups is 2. The van der Waals surface area contributed by atoms with Crippen molar-refractivity contribution in [3.63, 3.8) is 0 Å². The number of hydrogen-bond acceptors (Lipinski definition) is 8. The molecule has 18 heteroatoms. The van der Waals surface area contributed by atoms with Crippen LogP contribution in [0.1, 0.15) is 34.3 Å². The van der Waals surface area contributed by atoms with Gasteiger partial charge in [0, 0.05) is 19.0 Å². The second kappa shape index (κ2) is 16.4. The number of alkyl halides is 3. The van der Waals surface area contributed by atoms with Crippen LogP contribution in [0.5, 0.6) is 0 Å². The molecule has 6 rings (SSSR count). The quantitative estimate of drug-likeness (QED) is 0.158. The lowest BCUT2D eigenvalue weighted by molar-refractivity contribution is -0.869. The van der Waals surface area contributed by atoms with Gasteiger partial charge in [0.15, 0.2) is 0 Å². The maximum atomic E-state index is 14.0. The molecular formula is C38H39F3N8O6S. The number of hydrogen-bond donors (Lipinski definition) is 2. The van der Waals surface area contributed by atoms with Crippen LogP contribution in [0, 0.1) is 17.2 Å². The molecule has 2 N–H and O–H groups in total. The van der Waals surface area contributed by atoms with Crippen LogP contribution in [0.3, 0.4) is 0 Å². The average molecular weight is 793 g/mol. The van der Waals surface area contributed by atoms with E-state index in [0.29, 0.717) is 40.8 Å². The highest BCUT2D eigenvalue weighted by Gasteiger charge is 2.38. The zero-order chi connectivity index (χ0) is 41.0. The lowest BCUT2D eigenvalue weighted by atomic mass is 9.79. The number of amides is 2. The van der Waals surface area contributed by atoms with Crippen molar-refractivity contribution in [1.29, 1.82) is 5.26 Å². The van der Waals surface area contributed by atoms with Crippen LogP contribution in [0.2, 0.25) is 0 Å². The number of aromatic nitrogens is 4. The fourth-order valence-corrected chi connectivity index (χ4v) is 6.52. The van der Waals surface area contributed by atoms with Gasteiger partial charge < -0.3 is 19.7 Å². The van der Waals surface area contributed by atoms with Crippen LogP contribution in [0.15, 0.2) is 101 Å². The van der Waals surface area contributed by atoms with E-state index in [-0.39, 0.29) is 39.7 Å². The lowest BCUT2D eigenvalue weighted by Crippen LogP contribution is -2.51. The molecule has 2 amide bonds. The molecule has 0 saturated heterocycles. The first-order valence-electron chi connectivity index (χ1n) is 17.2. The predicted octanol–water partition coefficient (Wildman–Crippen LogP) is 3.84. The van der Waals surface area contributed by atoms with E-state index in [1.807, 2.05) is 27.2 Å². The van der Waals surface area contributed by atoms with Crippen molar-refractivity contribution in [2.45, 2.75) is 30.0 Å². The van der Waals surface area contributed by atoms with Gasteiger partial charge in [-0.3, -0.25) is 19.1 Å². The Balaban J connectivity index is 0.000000522. The average Bonchev–Trinajstić information content (AvgIpc) is 3.70. The first-order valence-corrected chi connectivity index (χ1v) is 18.6. The van der Waals surface area contributed by atoms with E-state index in [2.05, 4.69) is 15.7 Å². The summed E-state index contributed by atoms with van der Waals surface area (Å²) in [6.45, 7) is 1.28. The van der Waals surface area contributed by atoms with E-state index in [9.17, 15) is 45.8 Å². The molecule has 14 nitrogen and oxygen atoms in total. The summed E-state index contributed by atoms with van der Waals surface area (Å²) in [5.41, 5.74) is -0.750. The molecule has 0 atom stereocenters. The summed E-state index contributed by atoms with van der Waals surface area (Å²) in [5, 5.41) is 19.3. The first-order chi connectivity index (χ1) is 26.3. The van der Waals surface area contributed by atoms with Gasteiger partial charge in [-0.25, -0.2) is 17.8 Å². The zero-order valence-electron chi connectivity index (χ0n) is 30.8. The summed E-state index contributed by atoms with van der Waals surface area (Å²) in [4.78, 5) is 40.2. The van der Waals surface area contributed by atoms with E-state index >= 15 is 0 Å². The van der Waals surface area contributed by atoms with Gasteiger partial charge in [0.1, 0.15) is 21.4 Å². The number of benzene rings is 3. The van der Waals surface area contributed by atoms with Crippen LogP contribution >= 0.6 is 0 Å². The van der Waals surface area contributed by atoms with Gasteiger partial charge in [0.2, 0.25) is 5.91 Å². The molecule has 0 bridgehead atoms. The second-order valence-corrected chi connectivity index (χ2v) is 15.5. The van der Waals surface area contributed by atoms with Crippen LogP contribution < -0.4 is 16.2 Å². The Morgan fingerprint density at radius 2 is 1.64 bits per heavy atom. The number of nitrogens with one attached hydrogen (secondary N) is 2. The molecule has 1 saturated carbocycles. The zero-order valence-corrected chi connectivity index (χ0v) is 31.6. The van der Waals surface area contributed by atoms with Crippen molar-refractivity contribution >= 4 is 21.9 Å². The Morgan fingerprint density at radius 1 is 0.982 bits per heavy atom. The van der Waals surface area contributed by atoms with E-state index in [1.165, 1.54) is 59.0 Å². The third kappa shape index (κ3) is 9.60. The highest BCUT2D eigenvalue weighted by Crippen LogP contribution is 2.32. The van der Waals surface area contributed by atoms with Crippen molar-refractivity contribution in [1.82, 2.24) is 29.8 Å². The normalized spacial score (nSPS) is 15.5. The summed E-state index contributed by atoms with van der Waals surface area (Å²) in [5.74, 6) is -1.10. The van der Waals surface area contributed by atoms with Gasteiger partial charge in [-0.15, -0.1) is 0 Å². The molecule has 0 aliphatic heterocycles. The molecule has 0 unspecified atom stereocenters. The molecule has 0 spiro atoms. The molecule has 2 aromatic heterocycles. The Bertz CT molecular complexity index is 2420. The Kier molecular flexibility index (Phi) is 12.0. The summed E-state index contributed by atoms with van der Waals surface area (Å²) in [6.07, 6.45) is -2.42. The summed E-state index contributed by atoms with van der Waals surface area (Å²) >= 11 is 0. The maximum Gasteiger partial charge on any atom is 0.416 e. The predicted molar refractivity (Wildman–Crippen MR) is 198 cm³/mol. The smallest absolute Gasteiger partial charge is 0.416 e. The van der Waals surface area contributed by atoms with Gasteiger partial charge in [0.25, 0.3) is 11.5 Å². The summed E-state index contributed by atoms with van der Waals surface area (Å²) in [7, 11) is 3.30. The standard InChI is InChI=1S/C32H33F3N8O3.C6H6O3S/c1-40-28(26-12-13-38-41(26)24-10-8-20(19-36)9-11-24)27(31(46)42(40)25-7-5-6-22(18-25)32(33,34)35)30(45)39-23-16-21(17-23)29(44)37-14-15-43(2,3)4;7-10(8,9)6-4-2-1-3-5-6/h5-13,18,21,23H,14-17H2,1-4H3,(H-,37,39,44,45);1-5H,(H,7,8,9). The number of nitriles is 1. The number of nitrogens with zero attached hydrogens (tertiary/aromatic N) is 6. The van der Waals surface area contributed by atoms with Gasteiger partial charge in [-0.2, -0.15) is 23.5 Å². The number of rotatable bonds is 10. The molecule has 1 aliphatic carbocycles. The number of likely N-dealkylation sites (N-methyl/N-ethyl adjacent to an activating group) is 1. The first kappa shape index (κ1) is 41.1. The molecular weight excluding hydrogens is 754 g/mol. The largest absolute Gasteiger partial charge is 0.744 e. The van der Waals surface area contributed by atoms with Crippen molar-refractivity contribution in [2.75, 3.05) is 34.2 Å². The monoisotopic (exact) mass is 792 g/mol. The number of carbonyl (C=O) groups excluding carboxylic acids is 2. The van der Waals surface area contributed by atoms with Crippen LogP contribution in [0.4, 0.5) is 13.2 Å². The van der Waals surface area contributed by atoms with Crippen LogP contribution in [0.25, 0.3) is 22.8 Å². The van der Waals surface area contributed by atoms with Crippen molar-refractivity contribution in [3.8, 4) is 28.8 Å². The Labute approximate surface area is 320 Å². The van der Waals surface area contributed by atoms with Crippen molar-refractivity contribution < 1.29 is 40.2 Å². The van der Waals surface area contributed by atoms with E-state index < -0.39 is 33.3 Å². The fourth-order valence-electron chi connectivity index (χ4n) is 6.03. The highest BCUT2D eigenvalue weighted by atomic mass is 32.2. The summed E-state index contributed by atoms with van der Waals surface area (Å²) in [6, 6.07) is 21.2. The van der Waals surface area contributed by atoms with Crippen molar-refractivity contribution in [2.24, 2.45) is 13.0 Å². The Hall–Kier alpha value is -6.03. The van der Waals surface area contributed by atoms with Gasteiger partial charge >= 0.3 is 6.18 Å². The lowest BCUT2D eigenvalue weighted by Gasteiger charge is -2.35. The maximum absolute atomic E-state index is 14.0. The second-order valence-electron chi connectivity index (χ2n) is 14.1. The highest BCUT2D eigenvalue weighted by molar-refractivity contribution is 7.85. The third-order valence-corrected chi connectivity index (χ3v) is 9.85. The van der Waals surface area contributed by atoms with Crippen LogP contribution in [-0.4, -0.2) is 88.7 Å². The number of halogens is 3. The topological polar surface area (TPSA) is 184 Å². The van der Waals surface area contributed by atoms with E-state index in [4.69, 9.17) is 0 Å². The fraction of sp³-hybridized carbons (Fsp3) is 0.289. The molecule has 3 aromatic carbocycles. The molecule has 0 radical (unpaired) electrons. The molecule has 56 heavy (non-hydrogen) atoms. The molecule has 1 fully saturated rings. The van der Waals surface area contributed by atoms with E-state index in [1.54, 1.807) is 36.4 Å². The third-order valence-electron chi connectivity index (χ3n) is 9.00. The van der Waals surface area contributed by atoms with E-state index in [0.717, 1.165) is 23.4 Å². The van der Waals surface area contributed by atoms with Gasteiger partial charge in [-0.1, -0.05) is 24.3 Å². The van der Waals surface area contributed by atoms with Gasteiger partial charge in [-0.05, 0) is 73.5 Å². The Morgan fingerprint density at radius 3 is 2.21 bits per heavy atom. The number of quaternary nitrogens is 1. The minimum Gasteiger partial charge on any atom is -0.744 e. The molecule has 294 valence electrons. The minimum atomic E-state index is -4.65. The summed E-state index contributed by atoms with van der Waals surface area (Å²) < 4.78 is 76.1. The SMILES string of the molecule is Cn1c(-c2ccnn2-c2ccc(C#N)cc2)c(C(=O)NC2CC(C(=O)NCC[N+](C)(C)C)C2)c(=O)n1-c1cccc(C(F)(F)F)c1.O=S(=O)([O-])c1ccccc1.